The van der Waals surface area contributed by atoms with Crippen LogP contribution in [-0.2, 0) is 4.74 Å². The summed E-state index contributed by atoms with van der Waals surface area (Å²) < 4.78 is 7.00. The van der Waals surface area contributed by atoms with E-state index >= 15 is 0 Å². The Morgan fingerprint density at radius 3 is 2.55 bits per heavy atom. The number of ether oxygens (including phenoxy) is 1. The summed E-state index contributed by atoms with van der Waals surface area (Å²) in [5, 5.41) is 3.79. The van der Waals surface area contributed by atoms with Gasteiger partial charge in [-0.2, -0.15) is 0 Å². The average Bonchev–Trinajstić information content (AvgIpc) is 2.45. The molecule has 0 saturated heterocycles. The van der Waals surface area contributed by atoms with Gasteiger partial charge in [-0.1, -0.05) is 41.9 Å². The van der Waals surface area contributed by atoms with E-state index in [9.17, 15) is 0 Å². The van der Waals surface area contributed by atoms with Crippen LogP contribution in [0.4, 0.5) is 0 Å². The molecule has 20 heavy (non-hydrogen) atoms. The van der Waals surface area contributed by atoms with Gasteiger partial charge in [0.15, 0.2) is 0 Å². The monoisotopic (exact) mass is 339 g/mol. The van der Waals surface area contributed by atoms with E-state index in [1.165, 1.54) is 5.56 Å². The van der Waals surface area contributed by atoms with Gasteiger partial charge in [0.05, 0.1) is 6.10 Å². The zero-order valence-electron chi connectivity index (χ0n) is 12.9. The first kappa shape index (κ1) is 16.0. The second kappa shape index (κ2) is 6.59. The van der Waals surface area contributed by atoms with Crippen molar-refractivity contribution >= 4 is 15.9 Å². The largest absolute Gasteiger partial charge is 0.378 e. The molecule has 2 nitrogen and oxygen atoms in total. The van der Waals surface area contributed by atoms with Crippen molar-refractivity contribution in [2.24, 2.45) is 5.41 Å². The maximum Gasteiger partial charge on any atom is 0.0658 e. The van der Waals surface area contributed by atoms with Crippen molar-refractivity contribution in [3.63, 3.8) is 0 Å². The molecule has 1 aromatic carbocycles. The maximum absolute atomic E-state index is 5.87. The number of hydrogen-bond donors (Lipinski definition) is 1. The van der Waals surface area contributed by atoms with Crippen molar-refractivity contribution in [3.8, 4) is 0 Å². The lowest BCUT2D eigenvalue weighted by Crippen LogP contribution is -2.62. The Labute approximate surface area is 131 Å². The molecule has 1 aromatic rings. The molecule has 3 heteroatoms. The van der Waals surface area contributed by atoms with Gasteiger partial charge in [-0.15, -0.1) is 0 Å². The average molecular weight is 340 g/mol. The van der Waals surface area contributed by atoms with Crippen LogP contribution in [0, 0.1) is 5.41 Å². The Hall–Kier alpha value is -0.380. The summed E-state index contributed by atoms with van der Waals surface area (Å²) >= 11 is 3.49. The quantitative estimate of drug-likeness (QED) is 0.811. The molecule has 0 amide bonds. The van der Waals surface area contributed by atoms with E-state index in [-0.39, 0.29) is 5.41 Å². The third-order valence-corrected chi connectivity index (χ3v) is 5.46. The minimum atomic E-state index is 0.264. The second-order valence-electron chi connectivity index (χ2n) is 6.03. The summed E-state index contributed by atoms with van der Waals surface area (Å²) in [6.07, 6.45) is 2.69. The fourth-order valence-corrected chi connectivity index (χ4v) is 3.42. The minimum Gasteiger partial charge on any atom is -0.378 e. The van der Waals surface area contributed by atoms with E-state index in [1.54, 1.807) is 0 Å². The second-order valence-corrected chi connectivity index (χ2v) is 6.95. The highest BCUT2D eigenvalue weighted by Gasteiger charge is 2.51. The van der Waals surface area contributed by atoms with Crippen LogP contribution in [0.25, 0.3) is 0 Å². The van der Waals surface area contributed by atoms with Crippen LogP contribution in [0.1, 0.15) is 52.1 Å². The molecule has 112 valence electrons. The molecule has 0 bridgehead atoms. The van der Waals surface area contributed by atoms with Crippen LogP contribution >= 0.6 is 15.9 Å². The lowest BCUT2D eigenvalue weighted by atomic mass is 9.61. The Kier molecular flexibility index (Phi) is 5.27. The standard InChI is InChI=1S/C17H26BrNO/c1-5-17(4)15(11-16(17)20-6-2)19-12(3)13-7-9-14(18)10-8-13/h7-10,12,15-16,19H,5-6,11H2,1-4H3/t12-,15?,16?,17?/m1/s1. The molecule has 1 aliphatic carbocycles. The van der Waals surface area contributed by atoms with E-state index in [2.05, 4.69) is 73.2 Å². The van der Waals surface area contributed by atoms with Gasteiger partial charge >= 0.3 is 0 Å². The van der Waals surface area contributed by atoms with Gasteiger partial charge in [-0.3, -0.25) is 0 Å². The summed E-state index contributed by atoms with van der Waals surface area (Å²) in [7, 11) is 0. The predicted molar refractivity (Wildman–Crippen MR) is 87.9 cm³/mol. The van der Waals surface area contributed by atoms with Gasteiger partial charge in [0.1, 0.15) is 0 Å². The van der Waals surface area contributed by atoms with Gasteiger partial charge in [-0.25, -0.2) is 0 Å². The molecule has 0 radical (unpaired) electrons. The Morgan fingerprint density at radius 1 is 1.35 bits per heavy atom. The lowest BCUT2D eigenvalue weighted by Gasteiger charge is -2.54. The molecule has 1 saturated carbocycles. The molecule has 1 fully saturated rings. The third kappa shape index (κ3) is 3.10. The lowest BCUT2D eigenvalue weighted by molar-refractivity contribution is -0.127. The summed E-state index contributed by atoms with van der Waals surface area (Å²) in [6.45, 7) is 9.76. The first-order valence-electron chi connectivity index (χ1n) is 7.64. The van der Waals surface area contributed by atoms with Crippen LogP contribution in [-0.4, -0.2) is 18.8 Å². The molecule has 4 atom stereocenters. The first-order chi connectivity index (χ1) is 9.51. The Morgan fingerprint density at radius 2 is 2.00 bits per heavy atom. The molecule has 0 aromatic heterocycles. The highest BCUT2D eigenvalue weighted by molar-refractivity contribution is 9.10. The van der Waals surface area contributed by atoms with Gasteiger partial charge in [0.25, 0.3) is 0 Å². The minimum absolute atomic E-state index is 0.264. The molecule has 0 spiro atoms. The molecule has 1 N–H and O–H groups in total. The number of rotatable bonds is 6. The van der Waals surface area contributed by atoms with E-state index in [1.807, 2.05) is 0 Å². The van der Waals surface area contributed by atoms with Crippen molar-refractivity contribution in [1.82, 2.24) is 5.32 Å². The summed E-state index contributed by atoms with van der Waals surface area (Å²) in [4.78, 5) is 0. The van der Waals surface area contributed by atoms with E-state index in [0.29, 0.717) is 18.2 Å². The smallest absolute Gasteiger partial charge is 0.0658 e. The van der Waals surface area contributed by atoms with E-state index in [0.717, 1.165) is 23.9 Å². The molecule has 0 heterocycles. The van der Waals surface area contributed by atoms with Crippen molar-refractivity contribution in [1.29, 1.82) is 0 Å². The number of nitrogens with one attached hydrogen (secondary N) is 1. The molecular formula is C17H26BrNO. The summed E-state index contributed by atoms with van der Waals surface area (Å²) in [6, 6.07) is 9.50. The Bertz CT molecular complexity index is 433. The topological polar surface area (TPSA) is 21.3 Å². The van der Waals surface area contributed by atoms with Crippen LogP contribution in [0.2, 0.25) is 0 Å². The predicted octanol–water partition coefficient (Wildman–Crippen LogP) is 4.69. The highest BCUT2D eigenvalue weighted by atomic mass is 79.9. The molecular weight excluding hydrogens is 314 g/mol. The van der Waals surface area contributed by atoms with Crippen molar-refractivity contribution in [2.75, 3.05) is 6.61 Å². The van der Waals surface area contributed by atoms with Crippen molar-refractivity contribution < 1.29 is 4.74 Å². The van der Waals surface area contributed by atoms with Crippen LogP contribution < -0.4 is 5.32 Å². The van der Waals surface area contributed by atoms with Gasteiger partial charge in [0, 0.05) is 28.6 Å². The zero-order chi connectivity index (χ0) is 14.8. The third-order valence-electron chi connectivity index (χ3n) is 4.93. The van der Waals surface area contributed by atoms with Crippen molar-refractivity contribution in [2.45, 2.75) is 58.7 Å². The van der Waals surface area contributed by atoms with Crippen LogP contribution in [0.3, 0.4) is 0 Å². The highest BCUT2D eigenvalue weighted by Crippen LogP contribution is 2.46. The summed E-state index contributed by atoms with van der Waals surface area (Å²) in [5.74, 6) is 0. The molecule has 2 rings (SSSR count). The van der Waals surface area contributed by atoms with E-state index in [4.69, 9.17) is 4.74 Å². The van der Waals surface area contributed by atoms with Crippen molar-refractivity contribution in [3.05, 3.63) is 34.3 Å². The SMILES string of the molecule is CCOC1CC(N[C@H](C)c2ccc(Br)cc2)C1(C)CC. The fraction of sp³-hybridized carbons (Fsp3) is 0.647. The Balaban J connectivity index is 1.98. The van der Waals surface area contributed by atoms with Crippen LogP contribution in [0.15, 0.2) is 28.7 Å². The maximum atomic E-state index is 5.87. The van der Waals surface area contributed by atoms with E-state index < -0.39 is 0 Å². The molecule has 1 aliphatic rings. The van der Waals surface area contributed by atoms with Gasteiger partial charge in [0.2, 0.25) is 0 Å². The molecule has 3 unspecified atom stereocenters. The zero-order valence-corrected chi connectivity index (χ0v) is 14.5. The molecule has 0 aliphatic heterocycles. The summed E-state index contributed by atoms with van der Waals surface area (Å²) in [5.41, 5.74) is 1.60. The van der Waals surface area contributed by atoms with Gasteiger partial charge in [-0.05, 0) is 44.4 Å². The number of hydrogen-bond acceptors (Lipinski definition) is 2. The van der Waals surface area contributed by atoms with Gasteiger partial charge < -0.3 is 10.1 Å². The fourth-order valence-electron chi connectivity index (χ4n) is 3.16. The number of halogens is 1. The first-order valence-corrected chi connectivity index (χ1v) is 8.43. The normalized spacial score (nSPS) is 30.9. The number of benzene rings is 1. The van der Waals surface area contributed by atoms with Crippen LogP contribution in [0.5, 0.6) is 0 Å².